The van der Waals surface area contributed by atoms with E-state index in [1.54, 1.807) is 6.92 Å². The van der Waals surface area contributed by atoms with Crippen LogP contribution in [0.25, 0.3) is 10.9 Å². The molecule has 0 radical (unpaired) electrons. The Labute approximate surface area is 103 Å². The van der Waals surface area contributed by atoms with E-state index in [0.717, 1.165) is 5.56 Å². The third kappa shape index (κ3) is 3.77. The third-order valence-electron chi connectivity index (χ3n) is 2.02. The smallest absolute Gasteiger partial charge is 0.134 e. The lowest BCUT2D eigenvalue weighted by Crippen LogP contribution is -1.91. The molecule has 0 unspecified atom stereocenters. The van der Waals surface area contributed by atoms with Crippen LogP contribution in [-0.2, 0) is 0 Å². The molecule has 2 nitrogen and oxygen atoms in total. The second-order valence-corrected chi connectivity index (χ2v) is 3.10. The molecule has 0 saturated heterocycles. The third-order valence-corrected chi connectivity index (χ3v) is 2.02. The van der Waals surface area contributed by atoms with Crippen molar-refractivity contribution in [2.24, 2.45) is 0 Å². The maximum Gasteiger partial charge on any atom is 0.134 e. The molecule has 17 heavy (non-hydrogen) atoms. The van der Waals surface area contributed by atoms with Gasteiger partial charge in [-0.2, -0.15) is 0 Å². The monoisotopic (exact) mass is 236 g/mol. The molecule has 2 rings (SSSR count). The van der Waals surface area contributed by atoms with Crippen molar-refractivity contribution >= 4 is 10.9 Å². The zero-order valence-electron chi connectivity index (χ0n) is 11.5. The van der Waals surface area contributed by atoms with Gasteiger partial charge in [-0.25, -0.2) is 14.4 Å². The lowest BCUT2D eigenvalue weighted by molar-refractivity contribution is 0.637. The second-order valence-electron chi connectivity index (χ2n) is 3.10. The largest absolute Gasteiger partial charge is 0.241 e. The highest BCUT2D eigenvalue weighted by Crippen LogP contribution is 2.19. The van der Waals surface area contributed by atoms with Gasteiger partial charge in [-0.3, -0.25) is 0 Å². The molecule has 0 N–H and O–H groups in total. The summed E-state index contributed by atoms with van der Waals surface area (Å²) in [5.74, 6) is -0.242. The fourth-order valence-electron chi connectivity index (χ4n) is 1.43. The van der Waals surface area contributed by atoms with Gasteiger partial charge in [0.25, 0.3) is 0 Å². The van der Waals surface area contributed by atoms with E-state index in [-0.39, 0.29) is 5.82 Å². The number of nitrogens with zero attached hydrogens (tertiary/aromatic N) is 2. The van der Waals surface area contributed by atoms with Crippen LogP contribution in [0.4, 0.5) is 4.39 Å². The van der Waals surface area contributed by atoms with Crippen molar-refractivity contribution in [3.8, 4) is 0 Å². The molecule has 3 heteroatoms. The van der Waals surface area contributed by atoms with Crippen LogP contribution in [0.5, 0.6) is 0 Å². The molecule has 0 fully saturated rings. The molecule has 0 aliphatic rings. The maximum atomic E-state index is 13.4. The Bertz CT molecular complexity index is 467. The lowest BCUT2D eigenvalue weighted by Gasteiger charge is -2.02. The van der Waals surface area contributed by atoms with Crippen LogP contribution in [0, 0.1) is 19.7 Å². The minimum Gasteiger partial charge on any atom is -0.241 e. The van der Waals surface area contributed by atoms with Crippen molar-refractivity contribution in [2.75, 3.05) is 0 Å². The summed E-state index contributed by atoms with van der Waals surface area (Å²) in [6.07, 6.45) is 1.45. The van der Waals surface area contributed by atoms with Crippen molar-refractivity contribution in [1.82, 2.24) is 9.97 Å². The second kappa shape index (κ2) is 7.71. The Morgan fingerprint density at radius 1 is 0.941 bits per heavy atom. The Balaban J connectivity index is 0.000000581. The van der Waals surface area contributed by atoms with Gasteiger partial charge >= 0.3 is 0 Å². The minimum atomic E-state index is -0.242. The normalized spacial score (nSPS) is 8.88. The molecular weight excluding hydrogens is 215 g/mol. The Morgan fingerprint density at radius 2 is 1.53 bits per heavy atom. The minimum absolute atomic E-state index is 0.242. The highest BCUT2D eigenvalue weighted by molar-refractivity contribution is 5.81. The number of hydrogen-bond donors (Lipinski definition) is 0. The summed E-state index contributed by atoms with van der Waals surface area (Å²) in [5, 5.41) is 0.521. The molecule has 0 aliphatic heterocycles. The summed E-state index contributed by atoms with van der Waals surface area (Å²) in [6.45, 7) is 11.6. The quantitative estimate of drug-likeness (QED) is 0.676. The van der Waals surface area contributed by atoms with Crippen LogP contribution >= 0.6 is 0 Å². The van der Waals surface area contributed by atoms with E-state index < -0.39 is 0 Å². The van der Waals surface area contributed by atoms with Crippen LogP contribution in [-0.4, -0.2) is 9.97 Å². The van der Waals surface area contributed by atoms with Gasteiger partial charge in [0.15, 0.2) is 0 Å². The van der Waals surface area contributed by atoms with Gasteiger partial charge in [0.05, 0.1) is 16.6 Å². The molecular formula is C14H21FN2. The molecule has 0 saturated carbocycles. The first-order chi connectivity index (χ1) is 8.18. The number of fused-ring (bicyclic) bond motifs is 1. The highest BCUT2D eigenvalue weighted by atomic mass is 19.1. The Morgan fingerprint density at radius 3 is 2.12 bits per heavy atom. The van der Waals surface area contributed by atoms with Crippen LogP contribution in [0.2, 0.25) is 0 Å². The van der Waals surface area contributed by atoms with Crippen LogP contribution < -0.4 is 0 Å². The summed E-state index contributed by atoms with van der Waals surface area (Å²) in [4.78, 5) is 7.96. The molecule has 0 aliphatic carbocycles. The van der Waals surface area contributed by atoms with Gasteiger partial charge in [-0.05, 0) is 31.5 Å². The van der Waals surface area contributed by atoms with E-state index in [9.17, 15) is 4.39 Å². The SMILES string of the molecule is CC.CC.Cc1cc(F)c2c(C)ncnc2c1. The number of rotatable bonds is 0. The highest BCUT2D eigenvalue weighted by Gasteiger charge is 2.05. The number of aryl methyl sites for hydroxylation is 2. The summed E-state index contributed by atoms with van der Waals surface area (Å²) in [6, 6.07) is 3.35. The van der Waals surface area contributed by atoms with E-state index in [1.807, 2.05) is 40.7 Å². The molecule has 1 heterocycles. The number of aromatic nitrogens is 2. The first-order valence-corrected chi connectivity index (χ1v) is 6.06. The van der Waals surface area contributed by atoms with Crippen molar-refractivity contribution in [3.05, 3.63) is 35.5 Å². The summed E-state index contributed by atoms with van der Waals surface area (Å²) in [5.41, 5.74) is 2.23. The van der Waals surface area contributed by atoms with E-state index >= 15 is 0 Å². The first kappa shape index (κ1) is 15.5. The Kier molecular flexibility index (Phi) is 7.03. The van der Waals surface area contributed by atoms with Gasteiger partial charge in [-0.1, -0.05) is 27.7 Å². The van der Waals surface area contributed by atoms with Crippen molar-refractivity contribution in [1.29, 1.82) is 0 Å². The summed E-state index contributed by atoms with van der Waals surface area (Å²) >= 11 is 0. The molecule has 0 spiro atoms. The standard InChI is InChI=1S/C10H9FN2.2C2H6/c1-6-3-8(11)10-7(2)12-5-13-9(10)4-6;2*1-2/h3-5H,1-2H3;2*1-2H3. The average molecular weight is 236 g/mol. The molecule has 0 amide bonds. The fourth-order valence-corrected chi connectivity index (χ4v) is 1.43. The zero-order chi connectivity index (χ0) is 13.4. The predicted molar refractivity (Wildman–Crippen MR) is 71.7 cm³/mol. The zero-order valence-corrected chi connectivity index (χ0v) is 11.5. The lowest BCUT2D eigenvalue weighted by atomic mass is 10.1. The van der Waals surface area contributed by atoms with E-state index in [0.29, 0.717) is 16.6 Å². The van der Waals surface area contributed by atoms with Crippen LogP contribution in [0.15, 0.2) is 18.5 Å². The molecule has 0 atom stereocenters. The Hall–Kier alpha value is -1.51. The van der Waals surface area contributed by atoms with E-state index in [4.69, 9.17) is 0 Å². The molecule has 0 bridgehead atoms. The molecule has 1 aromatic carbocycles. The fraction of sp³-hybridized carbons (Fsp3) is 0.429. The van der Waals surface area contributed by atoms with E-state index in [1.165, 1.54) is 12.4 Å². The van der Waals surface area contributed by atoms with Crippen molar-refractivity contribution in [2.45, 2.75) is 41.5 Å². The van der Waals surface area contributed by atoms with E-state index in [2.05, 4.69) is 9.97 Å². The number of benzene rings is 1. The van der Waals surface area contributed by atoms with Crippen molar-refractivity contribution < 1.29 is 4.39 Å². The van der Waals surface area contributed by atoms with Gasteiger partial charge in [0, 0.05) is 0 Å². The number of hydrogen-bond acceptors (Lipinski definition) is 2. The van der Waals surface area contributed by atoms with Crippen LogP contribution in [0.1, 0.15) is 39.0 Å². The maximum absolute atomic E-state index is 13.4. The van der Waals surface area contributed by atoms with Gasteiger partial charge in [0.1, 0.15) is 12.1 Å². The predicted octanol–water partition coefficient (Wildman–Crippen LogP) is 4.44. The average Bonchev–Trinajstić information content (AvgIpc) is 2.33. The van der Waals surface area contributed by atoms with Gasteiger partial charge in [0.2, 0.25) is 0 Å². The topological polar surface area (TPSA) is 25.8 Å². The molecule has 1 aromatic heterocycles. The molecule has 2 aromatic rings. The van der Waals surface area contributed by atoms with Crippen molar-refractivity contribution in [3.63, 3.8) is 0 Å². The summed E-state index contributed by atoms with van der Waals surface area (Å²) in [7, 11) is 0. The van der Waals surface area contributed by atoms with Gasteiger partial charge < -0.3 is 0 Å². The summed E-state index contributed by atoms with van der Waals surface area (Å²) < 4.78 is 13.4. The molecule has 94 valence electrons. The van der Waals surface area contributed by atoms with Gasteiger partial charge in [-0.15, -0.1) is 0 Å². The van der Waals surface area contributed by atoms with Crippen LogP contribution in [0.3, 0.4) is 0 Å². The first-order valence-electron chi connectivity index (χ1n) is 6.06. The number of halogens is 1.